The van der Waals surface area contributed by atoms with Crippen LogP contribution in [0.1, 0.15) is 36.8 Å². The first-order chi connectivity index (χ1) is 11.6. The summed E-state index contributed by atoms with van der Waals surface area (Å²) in [5.41, 5.74) is 0.427. The third-order valence-corrected chi connectivity index (χ3v) is 3.70. The number of carbonyl (C=O) groups is 1. The number of hydrogen-bond donors (Lipinski definition) is 1. The van der Waals surface area contributed by atoms with Crippen molar-refractivity contribution in [1.29, 1.82) is 0 Å². The molecule has 8 nitrogen and oxygen atoms in total. The van der Waals surface area contributed by atoms with Crippen molar-refractivity contribution in [3.05, 3.63) is 52.7 Å². The summed E-state index contributed by atoms with van der Waals surface area (Å²) in [6.45, 7) is 3.93. The van der Waals surface area contributed by atoms with Crippen LogP contribution in [0.25, 0.3) is 10.9 Å². The summed E-state index contributed by atoms with van der Waals surface area (Å²) < 4.78 is 6.34. The molecule has 1 aromatic carbocycles. The van der Waals surface area contributed by atoms with Crippen molar-refractivity contribution < 1.29 is 9.32 Å². The molecular formula is C16H17N5O3. The maximum Gasteiger partial charge on any atom is 0.316 e. The molecule has 1 amide bonds. The van der Waals surface area contributed by atoms with Gasteiger partial charge in [0.2, 0.25) is 0 Å². The number of fused-ring (bicyclic) bond motifs is 1. The van der Waals surface area contributed by atoms with Gasteiger partial charge < -0.3 is 9.84 Å². The first kappa shape index (κ1) is 15.9. The van der Waals surface area contributed by atoms with E-state index in [0.717, 1.165) is 6.42 Å². The largest absolute Gasteiger partial charge is 0.345 e. The molecular weight excluding hydrogens is 310 g/mol. The van der Waals surface area contributed by atoms with Gasteiger partial charge in [0.1, 0.15) is 0 Å². The van der Waals surface area contributed by atoms with Gasteiger partial charge in [-0.25, -0.2) is 4.98 Å². The topological polar surface area (TPSA) is 103 Å². The van der Waals surface area contributed by atoms with Gasteiger partial charge in [-0.1, -0.05) is 24.2 Å². The van der Waals surface area contributed by atoms with E-state index in [1.165, 1.54) is 10.9 Å². The predicted octanol–water partition coefficient (Wildman–Crippen LogP) is 1.36. The average molecular weight is 327 g/mol. The van der Waals surface area contributed by atoms with E-state index in [1.54, 1.807) is 18.2 Å². The van der Waals surface area contributed by atoms with E-state index >= 15 is 0 Å². The maximum atomic E-state index is 12.4. The Balaban J connectivity index is 1.81. The van der Waals surface area contributed by atoms with E-state index in [0.29, 0.717) is 10.9 Å². The van der Waals surface area contributed by atoms with Crippen molar-refractivity contribution in [2.45, 2.75) is 32.9 Å². The van der Waals surface area contributed by atoms with Crippen molar-refractivity contribution in [3.63, 3.8) is 0 Å². The molecule has 124 valence electrons. The minimum absolute atomic E-state index is 0.0140. The second-order valence-electron chi connectivity index (χ2n) is 5.49. The monoisotopic (exact) mass is 327 g/mol. The molecule has 3 rings (SSSR count). The van der Waals surface area contributed by atoms with Crippen LogP contribution in [0.4, 0.5) is 0 Å². The van der Waals surface area contributed by atoms with Gasteiger partial charge in [-0.3, -0.25) is 14.2 Å². The molecule has 0 bridgehead atoms. The van der Waals surface area contributed by atoms with Crippen molar-refractivity contribution in [1.82, 2.24) is 25.0 Å². The zero-order valence-electron chi connectivity index (χ0n) is 13.4. The molecule has 1 atom stereocenters. The summed E-state index contributed by atoms with van der Waals surface area (Å²) in [6, 6.07) is 7.09. The molecule has 0 aliphatic rings. The number of aromatic nitrogens is 4. The molecule has 0 radical (unpaired) electrons. The van der Waals surface area contributed by atoms with Gasteiger partial charge in [-0.2, -0.15) is 4.98 Å². The number of hydrogen-bond acceptors (Lipinski definition) is 6. The fourth-order valence-corrected chi connectivity index (χ4v) is 2.17. The van der Waals surface area contributed by atoms with E-state index in [-0.39, 0.29) is 29.9 Å². The zero-order chi connectivity index (χ0) is 17.1. The Morgan fingerprint density at radius 2 is 2.17 bits per heavy atom. The fourth-order valence-electron chi connectivity index (χ4n) is 2.17. The Labute approximate surface area is 137 Å². The van der Waals surface area contributed by atoms with Crippen LogP contribution in [0, 0.1) is 0 Å². The van der Waals surface area contributed by atoms with E-state index in [9.17, 15) is 9.59 Å². The van der Waals surface area contributed by atoms with E-state index in [2.05, 4.69) is 20.4 Å². The lowest BCUT2D eigenvalue weighted by Crippen LogP contribution is -2.32. The predicted molar refractivity (Wildman–Crippen MR) is 86.6 cm³/mol. The van der Waals surface area contributed by atoms with Crippen LogP contribution in [-0.2, 0) is 6.54 Å². The van der Waals surface area contributed by atoms with Crippen LogP contribution in [0.2, 0.25) is 0 Å². The van der Waals surface area contributed by atoms with Crippen LogP contribution in [0.15, 0.2) is 39.9 Å². The highest BCUT2D eigenvalue weighted by atomic mass is 16.5. The number of carbonyl (C=O) groups excluding carboxylic acids is 1. The normalized spacial score (nSPS) is 12.2. The van der Waals surface area contributed by atoms with Crippen LogP contribution in [-0.4, -0.2) is 31.6 Å². The van der Waals surface area contributed by atoms with Crippen LogP contribution >= 0.6 is 0 Å². The first-order valence-corrected chi connectivity index (χ1v) is 7.66. The molecule has 0 unspecified atom stereocenters. The molecule has 0 spiro atoms. The van der Waals surface area contributed by atoms with Crippen molar-refractivity contribution in [2.75, 3.05) is 0 Å². The highest BCUT2D eigenvalue weighted by Crippen LogP contribution is 2.06. The van der Waals surface area contributed by atoms with Gasteiger partial charge >= 0.3 is 11.8 Å². The Kier molecular flexibility index (Phi) is 4.37. The summed E-state index contributed by atoms with van der Waals surface area (Å²) in [5, 5.41) is 7.01. The molecule has 0 saturated carbocycles. The minimum Gasteiger partial charge on any atom is -0.345 e. The molecule has 1 N–H and O–H groups in total. The highest BCUT2D eigenvalue weighted by molar-refractivity contribution is 5.89. The van der Waals surface area contributed by atoms with E-state index in [4.69, 9.17) is 4.52 Å². The van der Waals surface area contributed by atoms with Crippen molar-refractivity contribution in [2.24, 2.45) is 0 Å². The van der Waals surface area contributed by atoms with Crippen LogP contribution < -0.4 is 10.9 Å². The lowest BCUT2D eigenvalue weighted by molar-refractivity contribution is 0.0895. The van der Waals surface area contributed by atoms with Crippen LogP contribution in [0.5, 0.6) is 0 Å². The summed E-state index contributed by atoms with van der Waals surface area (Å²) in [7, 11) is 0. The zero-order valence-corrected chi connectivity index (χ0v) is 13.4. The number of nitrogens with zero attached hydrogens (tertiary/aromatic N) is 4. The molecule has 0 aliphatic carbocycles. The Bertz CT molecular complexity index is 931. The number of benzene rings is 1. The van der Waals surface area contributed by atoms with Crippen molar-refractivity contribution in [3.8, 4) is 0 Å². The lowest BCUT2D eigenvalue weighted by atomic mass is 10.2. The minimum atomic E-state index is -0.424. The molecule has 0 aliphatic heterocycles. The molecule has 24 heavy (non-hydrogen) atoms. The Hall–Kier alpha value is -3.03. The van der Waals surface area contributed by atoms with Gasteiger partial charge in [0, 0.05) is 6.04 Å². The average Bonchev–Trinajstić information content (AvgIpc) is 3.06. The third-order valence-electron chi connectivity index (χ3n) is 3.70. The van der Waals surface area contributed by atoms with Crippen LogP contribution in [0.3, 0.4) is 0 Å². The first-order valence-electron chi connectivity index (χ1n) is 7.66. The summed E-state index contributed by atoms with van der Waals surface area (Å²) in [4.78, 5) is 32.6. The Morgan fingerprint density at radius 3 is 2.96 bits per heavy atom. The van der Waals surface area contributed by atoms with E-state index in [1.807, 2.05) is 19.9 Å². The van der Waals surface area contributed by atoms with Gasteiger partial charge in [0.15, 0.2) is 5.82 Å². The molecule has 0 fully saturated rings. The molecule has 8 heteroatoms. The molecule has 2 aromatic heterocycles. The van der Waals surface area contributed by atoms with Crippen molar-refractivity contribution >= 4 is 16.8 Å². The van der Waals surface area contributed by atoms with E-state index < -0.39 is 5.91 Å². The number of nitrogens with one attached hydrogen (secondary N) is 1. The lowest BCUT2D eigenvalue weighted by Gasteiger charge is -2.07. The summed E-state index contributed by atoms with van der Waals surface area (Å²) in [5.74, 6) is -0.303. The number of para-hydroxylation sites is 1. The number of rotatable bonds is 5. The SMILES string of the molecule is CC[C@H](C)NC(=O)c1nc(Cn2cnc3ccccc3c2=O)no1. The maximum absolute atomic E-state index is 12.4. The third kappa shape index (κ3) is 3.17. The van der Waals surface area contributed by atoms with Gasteiger partial charge in [0.25, 0.3) is 5.56 Å². The van der Waals surface area contributed by atoms with Gasteiger partial charge in [-0.05, 0) is 25.5 Å². The fraction of sp³-hybridized carbons (Fsp3) is 0.312. The molecule has 3 aromatic rings. The highest BCUT2D eigenvalue weighted by Gasteiger charge is 2.17. The van der Waals surface area contributed by atoms with Gasteiger partial charge in [-0.15, -0.1) is 0 Å². The number of amides is 1. The smallest absolute Gasteiger partial charge is 0.316 e. The molecule has 2 heterocycles. The standard InChI is InChI=1S/C16H17N5O3/c1-3-10(2)18-14(22)15-19-13(20-24-15)8-21-9-17-12-7-5-4-6-11(12)16(21)23/h4-7,9-10H,3,8H2,1-2H3,(H,18,22)/t10-/m0/s1. The Morgan fingerprint density at radius 1 is 1.38 bits per heavy atom. The summed E-state index contributed by atoms with van der Waals surface area (Å²) in [6.07, 6.45) is 2.23. The summed E-state index contributed by atoms with van der Waals surface area (Å²) >= 11 is 0. The quantitative estimate of drug-likeness (QED) is 0.759. The molecule has 0 saturated heterocycles. The second kappa shape index (κ2) is 6.61. The van der Waals surface area contributed by atoms with Gasteiger partial charge in [0.05, 0.1) is 23.8 Å². The second-order valence-corrected chi connectivity index (χ2v) is 5.49.